The maximum atomic E-state index is 12.5. The third-order valence-electron chi connectivity index (χ3n) is 2.64. The van der Waals surface area contributed by atoms with Crippen molar-refractivity contribution in [3.8, 4) is 0 Å². The van der Waals surface area contributed by atoms with E-state index in [-0.39, 0.29) is 31.7 Å². The predicted molar refractivity (Wildman–Crippen MR) is 55.9 cm³/mol. The van der Waals surface area contributed by atoms with Gasteiger partial charge in [-0.1, -0.05) is 0 Å². The zero-order chi connectivity index (χ0) is 12.9. The maximum Gasteiger partial charge on any atom is 0.314 e. The number of carbonyl (C=O) groups excluding carboxylic acids is 1. The van der Waals surface area contributed by atoms with E-state index in [0.29, 0.717) is 13.0 Å². The maximum absolute atomic E-state index is 12.5. The first kappa shape index (κ1) is 13.7. The summed E-state index contributed by atoms with van der Waals surface area (Å²) in [4.78, 5) is 21.2. The molecule has 0 heterocycles. The zero-order valence-electron chi connectivity index (χ0n) is 9.34. The number of urea groups is 1. The van der Waals surface area contributed by atoms with Crippen LogP contribution in [0, 0.1) is 5.92 Å². The summed E-state index contributed by atoms with van der Waals surface area (Å²) in [5, 5.41) is 13.2. The van der Waals surface area contributed by atoms with E-state index in [0.717, 1.165) is 0 Å². The molecule has 0 unspecified atom stereocenters. The molecule has 0 atom stereocenters. The van der Waals surface area contributed by atoms with E-state index in [9.17, 15) is 18.4 Å². The number of carboxylic acid groups (broad SMARTS) is 1. The van der Waals surface area contributed by atoms with Crippen LogP contribution in [0.3, 0.4) is 0 Å². The van der Waals surface area contributed by atoms with E-state index in [1.165, 1.54) is 0 Å². The summed E-state index contributed by atoms with van der Waals surface area (Å²) in [6, 6.07) is -0.461. The van der Waals surface area contributed by atoms with Gasteiger partial charge in [-0.15, -0.1) is 0 Å². The first-order chi connectivity index (χ1) is 7.89. The van der Waals surface area contributed by atoms with Gasteiger partial charge in [0.05, 0.1) is 6.42 Å². The highest BCUT2D eigenvalue weighted by Gasteiger charge is 2.44. The summed E-state index contributed by atoms with van der Waals surface area (Å²) in [6.45, 7) is 0.391. The Morgan fingerprint density at radius 3 is 2.35 bits per heavy atom. The second-order valence-electron chi connectivity index (χ2n) is 4.25. The molecule has 5 nitrogen and oxygen atoms in total. The summed E-state index contributed by atoms with van der Waals surface area (Å²) < 4.78 is 24.9. The minimum atomic E-state index is -2.52. The minimum absolute atomic E-state index is 0.0238. The Labute approximate surface area is 97.6 Å². The van der Waals surface area contributed by atoms with Crippen LogP contribution in [-0.2, 0) is 4.79 Å². The quantitative estimate of drug-likeness (QED) is 0.662. The molecule has 1 saturated carbocycles. The molecule has 0 radical (unpaired) electrons. The van der Waals surface area contributed by atoms with Gasteiger partial charge in [0.2, 0.25) is 5.92 Å². The van der Waals surface area contributed by atoms with Crippen molar-refractivity contribution in [1.29, 1.82) is 0 Å². The number of nitrogens with one attached hydrogen (secondary N) is 2. The summed E-state index contributed by atoms with van der Waals surface area (Å²) in [5.74, 6) is -3.53. The molecule has 3 N–H and O–H groups in total. The second kappa shape index (κ2) is 5.79. The summed E-state index contributed by atoms with van der Waals surface area (Å²) in [7, 11) is 0. The molecule has 1 rings (SSSR count). The van der Waals surface area contributed by atoms with Crippen molar-refractivity contribution in [2.75, 3.05) is 13.1 Å². The van der Waals surface area contributed by atoms with Gasteiger partial charge in [0, 0.05) is 25.9 Å². The average Bonchev–Trinajstić information content (AvgIpc) is 2.14. The lowest BCUT2D eigenvalue weighted by atomic mass is 9.79. The van der Waals surface area contributed by atoms with Gasteiger partial charge < -0.3 is 15.7 Å². The number of alkyl halides is 2. The highest BCUT2D eigenvalue weighted by atomic mass is 19.3. The number of amides is 2. The van der Waals surface area contributed by atoms with Crippen molar-refractivity contribution in [3.63, 3.8) is 0 Å². The number of carboxylic acids is 1. The molecule has 0 aromatic heterocycles. The van der Waals surface area contributed by atoms with Crippen LogP contribution in [0.2, 0.25) is 0 Å². The lowest BCUT2D eigenvalue weighted by Gasteiger charge is -2.34. The Balaban J connectivity index is 1.96. The molecule has 98 valence electrons. The molecule has 0 spiro atoms. The van der Waals surface area contributed by atoms with E-state index in [1.807, 2.05) is 0 Å². The van der Waals surface area contributed by atoms with Gasteiger partial charge in [0.1, 0.15) is 0 Å². The molecule has 1 aliphatic carbocycles. The number of hydrogen-bond acceptors (Lipinski definition) is 2. The van der Waals surface area contributed by atoms with Gasteiger partial charge in [0.15, 0.2) is 0 Å². The molecule has 7 heteroatoms. The van der Waals surface area contributed by atoms with E-state index in [4.69, 9.17) is 5.11 Å². The van der Waals surface area contributed by atoms with Crippen LogP contribution in [0.15, 0.2) is 0 Å². The van der Waals surface area contributed by atoms with Crippen LogP contribution in [0.1, 0.15) is 25.7 Å². The van der Waals surface area contributed by atoms with Gasteiger partial charge in [0.25, 0.3) is 0 Å². The predicted octanol–water partition coefficient (Wildman–Crippen LogP) is 1.20. The highest BCUT2D eigenvalue weighted by molar-refractivity contribution is 5.74. The molecule has 0 bridgehead atoms. The molecule has 0 aromatic carbocycles. The van der Waals surface area contributed by atoms with Gasteiger partial charge in [-0.3, -0.25) is 4.79 Å². The van der Waals surface area contributed by atoms with Crippen molar-refractivity contribution in [2.24, 2.45) is 5.92 Å². The highest BCUT2D eigenvalue weighted by Crippen LogP contribution is 2.43. The normalized spacial score (nSPS) is 18.2. The lowest BCUT2D eigenvalue weighted by Crippen LogP contribution is -2.40. The molecule has 17 heavy (non-hydrogen) atoms. The lowest BCUT2D eigenvalue weighted by molar-refractivity contribution is -0.136. The number of rotatable bonds is 6. The van der Waals surface area contributed by atoms with Crippen molar-refractivity contribution < 1.29 is 23.5 Å². The van der Waals surface area contributed by atoms with E-state index >= 15 is 0 Å². The first-order valence-electron chi connectivity index (χ1n) is 5.50. The first-order valence-corrected chi connectivity index (χ1v) is 5.50. The van der Waals surface area contributed by atoms with Crippen molar-refractivity contribution >= 4 is 12.0 Å². The largest absolute Gasteiger partial charge is 0.481 e. The monoisotopic (exact) mass is 250 g/mol. The smallest absolute Gasteiger partial charge is 0.314 e. The van der Waals surface area contributed by atoms with Gasteiger partial charge in [-0.25, -0.2) is 13.6 Å². The van der Waals surface area contributed by atoms with Crippen molar-refractivity contribution in [2.45, 2.75) is 31.6 Å². The fourth-order valence-electron chi connectivity index (χ4n) is 1.72. The summed E-state index contributed by atoms with van der Waals surface area (Å²) >= 11 is 0. The third kappa shape index (κ3) is 5.46. The van der Waals surface area contributed by atoms with Crippen LogP contribution < -0.4 is 10.6 Å². The van der Waals surface area contributed by atoms with Gasteiger partial charge in [-0.2, -0.15) is 0 Å². The van der Waals surface area contributed by atoms with Crippen molar-refractivity contribution in [3.05, 3.63) is 0 Å². The molecule has 0 aromatic rings. The van der Waals surface area contributed by atoms with Crippen LogP contribution in [-0.4, -0.2) is 36.1 Å². The SMILES string of the molecule is O=C(O)CCNC(=O)NCCC1CC(F)(F)C1. The van der Waals surface area contributed by atoms with Crippen LogP contribution in [0.4, 0.5) is 13.6 Å². The van der Waals surface area contributed by atoms with Crippen molar-refractivity contribution in [1.82, 2.24) is 10.6 Å². The number of aliphatic carboxylic acids is 1. The van der Waals surface area contributed by atoms with Gasteiger partial charge >= 0.3 is 12.0 Å². The Hall–Kier alpha value is -1.40. The molecule has 1 fully saturated rings. The second-order valence-corrected chi connectivity index (χ2v) is 4.25. The summed E-state index contributed by atoms with van der Waals surface area (Å²) in [5.41, 5.74) is 0. The molecule has 0 saturated heterocycles. The molecular formula is C10H16F2N2O3. The third-order valence-corrected chi connectivity index (χ3v) is 2.64. The fraction of sp³-hybridized carbons (Fsp3) is 0.800. The molecule has 0 aliphatic heterocycles. The zero-order valence-corrected chi connectivity index (χ0v) is 9.34. The molecule has 2 amide bonds. The number of halogens is 2. The van der Waals surface area contributed by atoms with Crippen LogP contribution in [0.5, 0.6) is 0 Å². The van der Waals surface area contributed by atoms with E-state index < -0.39 is 17.9 Å². The van der Waals surface area contributed by atoms with E-state index in [1.54, 1.807) is 0 Å². The van der Waals surface area contributed by atoms with Crippen LogP contribution >= 0.6 is 0 Å². The average molecular weight is 250 g/mol. The molecule has 1 aliphatic rings. The number of hydrogen-bond donors (Lipinski definition) is 3. The fourth-order valence-corrected chi connectivity index (χ4v) is 1.72. The molecular weight excluding hydrogens is 234 g/mol. The minimum Gasteiger partial charge on any atom is -0.481 e. The Morgan fingerprint density at radius 1 is 1.24 bits per heavy atom. The van der Waals surface area contributed by atoms with E-state index in [2.05, 4.69) is 10.6 Å². The van der Waals surface area contributed by atoms with Crippen LogP contribution in [0.25, 0.3) is 0 Å². The Bertz CT molecular complexity index is 289. The summed E-state index contributed by atoms with van der Waals surface area (Å²) in [6.07, 6.45) is 0.189. The van der Waals surface area contributed by atoms with Gasteiger partial charge in [-0.05, 0) is 12.3 Å². The Kier molecular flexibility index (Phi) is 4.65. The Morgan fingerprint density at radius 2 is 1.82 bits per heavy atom. The topological polar surface area (TPSA) is 78.4 Å². The standard InChI is InChI=1S/C10H16F2N2O3/c11-10(12)5-7(6-10)1-3-13-9(17)14-4-2-8(15)16/h7H,1-6H2,(H,15,16)(H2,13,14,17). The number of carbonyl (C=O) groups is 2.